The number of rotatable bonds is 2. The quantitative estimate of drug-likeness (QED) is 0.787. The van der Waals surface area contributed by atoms with Gasteiger partial charge in [0.2, 0.25) is 0 Å². The van der Waals surface area contributed by atoms with Gasteiger partial charge in [-0.1, -0.05) is 25.7 Å². The van der Waals surface area contributed by atoms with Gasteiger partial charge in [0.05, 0.1) is 0 Å². The maximum absolute atomic E-state index is 13.1. The summed E-state index contributed by atoms with van der Waals surface area (Å²) < 4.78 is 0. The number of hydrogen-bond acceptors (Lipinski definition) is 4. The molecule has 1 N–H and O–H groups in total. The number of urea groups is 1. The summed E-state index contributed by atoms with van der Waals surface area (Å²) in [6, 6.07) is -0.588. The van der Waals surface area contributed by atoms with Gasteiger partial charge in [-0.3, -0.25) is 24.7 Å². The second-order valence-electron chi connectivity index (χ2n) is 6.85. The summed E-state index contributed by atoms with van der Waals surface area (Å²) in [6.45, 7) is 3.16. The van der Waals surface area contributed by atoms with Crippen molar-refractivity contribution in [3.8, 4) is 0 Å². The number of imide groups is 2. The van der Waals surface area contributed by atoms with E-state index >= 15 is 0 Å². The van der Waals surface area contributed by atoms with Crippen LogP contribution in [-0.2, 0) is 9.59 Å². The number of carbonyl (C=O) groups excluding carboxylic acids is 3. The van der Waals surface area contributed by atoms with Crippen molar-refractivity contribution in [3.05, 3.63) is 0 Å². The number of nitrogens with zero attached hydrogens (tertiary/aromatic N) is 2. The normalized spacial score (nSPS) is 32.2. The van der Waals surface area contributed by atoms with E-state index in [2.05, 4.69) is 5.32 Å². The fourth-order valence-corrected chi connectivity index (χ4v) is 3.99. The molecule has 0 aromatic carbocycles. The zero-order chi connectivity index (χ0) is 15.7. The van der Waals surface area contributed by atoms with Crippen molar-refractivity contribution >= 4 is 17.8 Å². The van der Waals surface area contributed by atoms with Crippen LogP contribution < -0.4 is 5.32 Å². The Kier molecular flexibility index (Phi) is 4.21. The first-order valence-corrected chi connectivity index (χ1v) is 8.49. The standard InChI is InChI=1S/C16H25N3O3/c1-16(18-10-6-3-7-11-18)13(20)17-15(22)19(14(16)21)12-8-4-2-5-9-12/h12H,2-11H2,1H3,(H,17,20,22). The Morgan fingerprint density at radius 3 is 2.18 bits per heavy atom. The summed E-state index contributed by atoms with van der Waals surface area (Å²) in [5.74, 6) is -0.786. The second-order valence-corrected chi connectivity index (χ2v) is 6.85. The molecule has 3 rings (SSSR count). The predicted molar refractivity (Wildman–Crippen MR) is 81.1 cm³/mol. The van der Waals surface area contributed by atoms with Crippen LogP contribution in [0.2, 0.25) is 0 Å². The lowest BCUT2D eigenvalue weighted by Crippen LogP contribution is -2.74. The van der Waals surface area contributed by atoms with E-state index < -0.39 is 17.5 Å². The van der Waals surface area contributed by atoms with E-state index in [9.17, 15) is 14.4 Å². The van der Waals surface area contributed by atoms with Crippen LogP contribution in [0.25, 0.3) is 0 Å². The Hall–Kier alpha value is -1.43. The number of amides is 4. The Balaban J connectivity index is 1.87. The van der Waals surface area contributed by atoms with Crippen LogP contribution in [0.15, 0.2) is 0 Å². The molecule has 2 aliphatic heterocycles. The van der Waals surface area contributed by atoms with Gasteiger partial charge in [0.1, 0.15) is 0 Å². The lowest BCUT2D eigenvalue weighted by atomic mass is 9.88. The molecule has 0 radical (unpaired) electrons. The minimum atomic E-state index is -1.23. The van der Waals surface area contributed by atoms with Gasteiger partial charge in [0.15, 0.2) is 5.54 Å². The van der Waals surface area contributed by atoms with Crippen molar-refractivity contribution in [3.63, 3.8) is 0 Å². The number of nitrogens with one attached hydrogen (secondary N) is 1. The molecular weight excluding hydrogens is 282 g/mol. The maximum Gasteiger partial charge on any atom is 0.331 e. The van der Waals surface area contributed by atoms with Gasteiger partial charge in [-0.15, -0.1) is 0 Å². The Bertz CT molecular complexity index is 481. The molecule has 2 heterocycles. The van der Waals surface area contributed by atoms with Crippen LogP contribution >= 0.6 is 0 Å². The summed E-state index contributed by atoms with van der Waals surface area (Å²) in [5, 5.41) is 2.43. The molecule has 22 heavy (non-hydrogen) atoms. The Labute approximate surface area is 131 Å². The first-order chi connectivity index (χ1) is 10.5. The molecule has 3 fully saturated rings. The van der Waals surface area contributed by atoms with Crippen molar-refractivity contribution in [2.75, 3.05) is 13.1 Å². The highest BCUT2D eigenvalue weighted by molar-refractivity contribution is 6.22. The van der Waals surface area contributed by atoms with Crippen LogP contribution in [0.3, 0.4) is 0 Å². The molecule has 0 bridgehead atoms. The van der Waals surface area contributed by atoms with Crippen LogP contribution in [0.5, 0.6) is 0 Å². The zero-order valence-corrected chi connectivity index (χ0v) is 13.3. The molecule has 2 saturated heterocycles. The van der Waals surface area contributed by atoms with Gasteiger partial charge in [0, 0.05) is 6.04 Å². The van der Waals surface area contributed by atoms with Crippen molar-refractivity contribution in [1.82, 2.24) is 15.1 Å². The van der Waals surface area contributed by atoms with Crippen molar-refractivity contribution < 1.29 is 14.4 Å². The highest BCUT2D eigenvalue weighted by atomic mass is 16.2. The van der Waals surface area contributed by atoms with Crippen LogP contribution in [-0.4, -0.2) is 52.3 Å². The molecule has 0 aromatic heterocycles. The Morgan fingerprint density at radius 2 is 1.55 bits per heavy atom. The van der Waals surface area contributed by atoms with E-state index in [-0.39, 0.29) is 11.9 Å². The van der Waals surface area contributed by atoms with E-state index in [1.807, 2.05) is 4.90 Å². The summed E-state index contributed by atoms with van der Waals surface area (Å²) >= 11 is 0. The minimum Gasteiger partial charge on any atom is -0.282 e. The zero-order valence-electron chi connectivity index (χ0n) is 13.3. The number of barbiturate groups is 1. The number of piperidine rings is 1. The minimum absolute atomic E-state index is 0.0570. The van der Waals surface area contributed by atoms with E-state index in [4.69, 9.17) is 0 Å². The summed E-state index contributed by atoms with van der Waals surface area (Å²) in [5.41, 5.74) is -1.23. The molecule has 0 spiro atoms. The molecule has 3 aliphatic rings. The molecular formula is C16H25N3O3. The average Bonchev–Trinajstić information content (AvgIpc) is 2.54. The van der Waals surface area contributed by atoms with E-state index in [1.165, 1.54) is 4.90 Å². The van der Waals surface area contributed by atoms with Gasteiger partial charge in [-0.25, -0.2) is 4.79 Å². The monoisotopic (exact) mass is 307 g/mol. The van der Waals surface area contributed by atoms with E-state index in [1.54, 1.807) is 6.92 Å². The van der Waals surface area contributed by atoms with Crippen LogP contribution in [0, 0.1) is 0 Å². The van der Waals surface area contributed by atoms with Gasteiger partial charge >= 0.3 is 6.03 Å². The third-order valence-corrected chi connectivity index (χ3v) is 5.45. The van der Waals surface area contributed by atoms with Gasteiger partial charge in [0.25, 0.3) is 11.8 Å². The number of likely N-dealkylation sites (tertiary alicyclic amines) is 1. The molecule has 0 aromatic rings. The molecule has 1 aliphatic carbocycles. The highest BCUT2D eigenvalue weighted by Gasteiger charge is 2.55. The molecule has 4 amide bonds. The number of hydrogen-bond donors (Lipinski definition) is 1. The first-order valence-electron chi connectivity index (χ1n) is 8.49. The third kappa shape index (κ3) is 2.43. The molecule has 1 atom stereocenters. The average molecular weight is 307 g/mol. The Morgan fingerprint density at radius 1 is 0.955 bits per heavy atom. The molecule has 1 saturated carbocycles. The fraction of sp³-hybridized carbons (Fsp3) is 0.812. The SMILES string of the molecule is CC1(N2CCCCC2)C(=O)NC(=O)N(C2CCCCC2)C1=O. The number of carbonyl (C=O) groups is 3. The van der Waals surface area contributed by atoms with E-state index in [0.29, 0.717) is 0 Å². The fourth-order valence-electron chi connectivity index (χ4n) is 3.99. The van der Waals surface area contributed by atoms with Crippen molar-refractivity contribution in [2.45, 2.75) is 69.9 Å². The highest BCUT2D eigenvalue weighted by Crippen LogP contribution is 2.31. The smallest absolute Gasteiger partial charge is 0.282 e. The predicted octanol–water partition coefficient (Wildman–Crippen LogP) is 1.64. The van der Waals surface area contributed by atoms with Crippen molar-refractivity contribution in [2.24, 2.45) is 0 Å². The topological polar surface area (TPSA) is 69.7 Å². The lowest BCUT2D eigenvalue weighted by Gasteiger charge is -2.47. The molecule has 6 nitrogen and oxygen atoms in total. The largest absolute Gasteiger partial charge is 0.331 e. The van der Waals surface area contributed by atoms with Gasteiger partial charge in [-0.05, 0) is 45.7 Å². The molecule has 6 heteroatoms. The van der Waals surface area contributed by atoms with Gasteiger partial charge in [-0.2, -0.15) is 0 Å². The van der Waals surface area contributed by atoms with E-state index in [0.717, 1.165) is 64.5 Å². The van der Waals surface area contributed by atoms with Crippen LogP contribution in [0.1, 0.15) is 58.3 Å². The molecule has 122 valence electrons. The third-order valence-electron chi connectivity index (χ3n) is 5.45. The maximum atomic E-state index is 13.1. The first kappa shape index (κ1) is 15.5. The summed E-state index contributed by atoms with van der Waals surface area (Å²) in [7, 11) is 0. The van der Waals surface area contributed by atoms with Crippen molar-refractivity contribution in [1.29, 1.82) is 0 Å². The summed E-state index contributed by atoms with van der Waals surface area (Å²) in [6.07, 6.45) is 8.05. The molecule has 1 unspecified atom stereocenters. The van der Waals surface area contributed by atoms with Crippen LogP contribution in [0.4, 0.5) is 4.79 Å². The second kappa shape index (κ2) is 5.99. The lowest BCUT2D eigenvalue weighted by molar-refractivity contribution is -0.156. The van der Waals surface area contributed by atoms with Gasteiger partial charge < -0.3 is 0 Å². The summed E-state index contributed by atoms with van der Waals surface area (Å²) in [4.78, 5) is 41.0.